The number of nitrogens with one attached hydrogen (secondary N) is 1. The molecule has 0 aliphatic carbocycles. The van der Waals surface area contributed by atoms with Gasteiger partial charge in [0.2, 0.25) is 0 Å². The number of benzene rings is 2. The zero-order valence-corrected chi connectivity index (χ0v) is 19.1. The first kappa shape index (κ1) is 23.5. The number of furan rings is 1. The molecule has 3 aromatic rings. The highest BCUT2D eigenvalue weighted by molar-refractivity contribution is 6.39. The number of carbonyl (C=O) groups excluding carboxylic acids is 4. The van der Waals surface area contributed by atoms with Crippen molar-refractivity contribution in [1.82, 2.24) is 5.32 Å². The Labute approximate surface area is 200 Å². The van der Waals surface area contributed by atoms with E-state index in [2.05, 4.69) is 5.32 Å². The maximum absolute atomic E-state index is 13.1. The zero-order valence-electron chi connectivity index (χ0n) is 19.1. The van der Waals surface area contributed by atoms with Crippen molar-refractivity contribution in [3.05, 3.63) is 77.6 Å². The van der Waals surface area contributed by atoms with Gasteiger partial charge in [-0.15, -0.1) is 0 Å². The van der Waals surface area contributed by atoms with Gasteiger partial charge in [-0.05, 0) is 62.4 Å². The van der Waals surface area contributed by atoms with Crippen molar-refractivity contribution in [2.24, 2.45) is 0 Å². The van der Waals surface area contributed by atoms with Crippen LogP contribution in [0.2, 0.25) is 0 Å². The summed E-state index contributed by atoms with van der Waals surface area (Å²) in [5.74, 6) is -1.01. The van der Waals surface area contributed by atoms with Crippen LogP contribution < -0.4 is 15.0 Å². The summed E-state index contributed by atoms with van der Waals surface area (Å²) in [6, 6.07) is 15.4. The molecule has 0 unspecified atom stereocenters. The van der Waals surface area contributed by atoms with Crippen molar-refractivity contribution in [2.45, 2.75) is 13.8 Å². The molecule has 0 saturated carbocycles. The van der Waals surface area contributed by atoms with E-state index in [9.17, 15) is 19.2 Å². The Balaban J connectivity index is 1.64. The van der Waals surface area contributed by atoms with E-state index in [-0.39, 0.29) is 23.6 Å². The smallest absolute Gasteiger partial charge is 0.338 e. The van der Waals surface area contributed by atoms with E-state index in [1.54, 1.807) is 67.6 Å². The van der Waals surface area contributed by atoms with Crippen molar-refractivity contribution in [3.8, 4) is 17.1 Å². The van der Waals surface area contributed by atoms with Crippen molar-refractivity contribution < 1.29 is 33.1 Å². The molecule has 9 nitrogen and oxygen atoms in total. The predicted molar refractivity (Wildman–Crippen MR) is 127 cm³/mol. The average molecular weight is 474 g/mol. The molecular weight excluding hydrogens is 452 g/mol. The third-order valence-electron chi connectivity index (χ3n) is 5.11. The molecule has 1 saturated heterocycles. The highest BCUT2D eigenvalue weighted by Gasteiger charge is 2.37. The topological polar surface area (TPSA) is 115 Å². The molecule has 1 aromatic heterocycles. The van der Waals surface area contributed by atoms with Gasteiger partial charge in [0.1, 0.15) is 22.8 Å². The number of urea groups is 1. The summed E-state index contributed by atoms with van der Waals surface area (Å²) in [7, 11) is 0. The Morgan fingerprint density at radius 3 is 2.43 bits per heavy atom. The maximum atomic E-state index is 13.1. The number of rotatable bonds is 7. The first-order valence-corrected chi connectivity index (χ1v) is 10.9. The SMILES string of the molecule is CCOC(=O)c1ccccc1-c1ccc(/C=C2\C(=O)NC(=O)N(c3ccc(OCC)cc3)C2=O)o1. The number of hydrogen-bond acceptors (Lipinski definition) is 7. The quantitative estimate of drug-likeness (QED) is 0.310. The Morgan fingerprint density at radius 2 is 1.71 bits per heavy atom. The minimum atomic E-state index is -0.857. The van der Waals surface area contributed by atoms with Crippen molar-refractivity contribution in [3.63, 3.8) is 0 Å². The number of amides is 4. The second kappa shape index (κ2) is 10.1. The molecular formula is C26H22N2O7. The van der Waals surface area contributed by atoms with Crippen molar-refractivity contribution >= 4 is 35.6 Å². The van der Waals surface area contributed by atoms with E-state index in [0.717, 1.165) is 4.90 Å². The van der Waals surface area contributed by atoms with Gasteiger partial charge in [-0.3, -0.25) is 14.9 Å². The van der Waals surface area contributed by atoms with Gasteiger partial charge in [-0.2, -0.15) is 0 Å². The normalized spacial score (nSPS) is 14.7. The minimum absolute atomic E-state index is 0.193. The van der Waals surface area contributed by atoms with Gasteiger partial charge in [-0.1, -0.05) is 18.2 Å². The largest absolute Gasteiger partial charge is 0.494 e. The molecule has 1 fully saturated rings. The fraction of sp³-hybridized carbons (Fsp3) is 0.154. The number of carbonyl (C=O) groups is 4. The van der Waals surface area contributed by atoms with Crippen LogP contribution in [0.1, 0.15) is 30.0 Å². The summed E-state index contributed by atoms with van der Waals surface area (Å²) >= 11 is 0. The van der Waals surface area contributed by atoms with Crippen LogP contribution in [0.3, 0.4) is 0 Å². The van der Waals surface area contributed by atoms with Gasteiger partial charge in [-0.25, -0.2) is 14.5 Å². The molecule has 0 radical (unpaired) electrons. The number of barbiturate groups is 1. The third-order valence-corrected chi connectivity index (χ3v) is 5.11. The number of anilines is 1. The molecule has 35 heavy (non-hydrogen) atoms. The van der Waals surface area contributed by atoms with Crippen LogP contribution in [-0.4, -0.2) is 37.0 Å². The molecule has 2 aromatic carbocycles. The fourth-order valence-corrected chi connectivity index (χ4v) is 3.55. The molecule has 9 heteroatoms. The number of ether oxygens (including phenoxy) is 2. The molecule has 4 rings (SSSR count). The van der Waals surface area contributed by atoms with Crippen LogP contribution in [-0.2, 0) is 14.3 Å². The predicted octanol–water partition coefficient (Wildman–Crippen LogP) is 4.19. The van der Waals surface area contributed by atoms with Crippen molar-refractivity contribution in [1.29, 1.82) is 0 Å². The monoisotopic (exact) mass is 474 g/mol. The van der Waals surface area contributed by atoms with E-state index in [0.29, 0.717) is 29.2 Å². The molecule has 0 bridgehead atoms. The summed E-state index contributed by atoms with van der Waals surface area (Å²) in [5.41, 5.74) is 0.818. The minimum Gasteiger partial charge on any atom is -0.494 e. The Morgan fingerprint density at radius 1 is 0.971 bits per heavy atom. The lowest BCUT2D eigenvalue weighted by molar-refractivity contribution is -0.122. The Bertz CT molecular complexity index is 1320. The van der Waals surface area contributed by atoms with Gasteiger partial charge in [0, 0.05) is 5.56 Å². The van der Waals surface area contributed by atoms with Crippen LogP contribution in [0.25, 0.3) is 17.4 Å². The van der Waals surface area contributed by atoms with Gasteiger partial charge < -0.3 is 13.9 Å². The lowest BCUT2D eigenvalue weighted by atomic mass is 10.1. The number of imide groups is 2. The second-order valence-corrected chi connectivity index (χ2v) is 7.35. The molecule has 2 heterocycles. The van der Waals surface area contributed by atoms with Crippen LogP contribution in [0.15, 0.2) is 70.7 Å². The van der Waals surface area contributed by atoms with Crippen LogP contribution in [0, 0.1) is 0 Å². The van der Waals surface area contributed by atoms with Crippen molar-refractivity contribution in [2.75, 3.05) is 18.1 Å². The Hall–Kier alpha value is -4.66. The summed E-state index contributed by atoms with van der Waals surface area (Å²) in [4.78, 5) is 51.1. The van der Waals surface area contributed by atoms with Crippen LogP contribution >= 0.6 is 0 Å². The molecule has 1 aliphatic rings. The number of nitrogens with zero attached hydrogens (tertiary/aromatic N) is 1. The fourth-order valence-electron chi connectivity index (χ4n) is 3.55. The lowest BCUT2D eigenvalue weighted by Gasteiger charge is -2.26. The molecule has 1 N–H and O–H groups in total. The second-order valence-electron chi connectivity index (χ2n) is 7.35. The van der Waals surface area contributed by atoms with Gasteiger partial charge in [0.25, 0.3) is 11.8 Å². The maximum Gasteiger partial charge on any atom is 0.338 e. The third kappa shape index (κ3) is 4.84. The highest BCUT2D eigenvalue weighted by atomic mass is 16.5. The standard InChI is InChI=1S/C26H22N2O7/c1-3-33-17-11-9-16(10-12-17)28-24(30)21(23(29)27-26(28)32)15-18-13-14-22(35-18)19-7-5-6-8-20(19)25(31)34-4-2/h5-15H,3-4H2,1-2H3,(H,27,29,32)/b21-15+. The summed E-state index contributed by atoms with van der Waals surface area (Å²) < 4.78 is 16.3. The molecule has 1 aliphatic heterocycles. The lowest BCUT2D eigenvalue weighted by Crippen LogP contribution is -2.54. The molecule has 4 amide bonds. The van der Waals surface area contributed by atoms with Crippen LogP contribution in [0.4, 0.5) is 10.5 Å². The van der Waals surface area contributed by atoms with E-state index in [4.69, 9.17) is 13.9 Å². The highest BCUT2D eigenvalue weighted by Crippen LogP contribution is 2.29. The zero-order chi connectivity index (χ0) is 24.9. The van der Waals surface area contributed by atoms with Gasteiger partial charge in [0.05, 0.1) is 24.5 Å². The first-order valence-electron chi connectivity index (χ1n) is 10.9. The average Bonchev–Trinajstić information content (AvgIpc) is 3.32. The van der Waals surface area contributed by atoms with Gasteiger partial charge >= 0.3 is 12.0 Å². The van der Waals surface area contributed by atoms with E-state index in [1.165, 1.54) is 6.08 Å². The van der Waals surface area contributed by atoms with Gasteiger partial charge in [0.15, 0.2) is 0 Å². The van der Waals surface area contributed by atoms with Crippen LogP contribution in [0.5, 0.6) is 5.75 Å². The van der Waals surface area contributed by atoms with E-state index >= 15 is 0 Å². The summed E-state index contributed by atoms with van der Waals surface area (Å²) in [6.07, 6.45) is 1.25. The summed E-state index contributed by atoms with van der Waals surface area (Å²) in [5, 5.41) is 2.17. The first-order chi connectivity index (χ1) is 16.9. The Kier molecular flexibility index (Phi) is 6.77. The number of esters is 1. The van der Waals surface area contributed by atoms with E-state index < -0.39 is 23.8 Å². The summed E-state index contributed by atoms with van der Waals surface area (Å²) in [6.45, 7) is 4.25. The molecule has 0 atom stereocenters. The number of hydrogen-bond donors (Lipinski definition) is 1. The molecule has 0 spiro atoms. The molecule has 178 valence electrons. The van der Waals surface area contributed by atoms with E-state index in [1.807, 2.05) is 6.92 Å².